The van der Waals surface area contributed by atoms with Crippen molar-refractivity contribution in [2.75, 3.05) is 11.9 Å². The van der Waals surface area contributed by atoms with Gasteiger partial charge in [-0.3, -0.25) is 9.89 Å². The molecule has 6 unspecified atom stereocenters. The largest absolute Gasteiger partial charge is 0.349 e. The summed E-state index contributed by atoms with van der Waals surface area (Å²) < 4.78 is 0. The van der Waals surface area contributed by atoms with E-state index in [-0.39, 0.29) is 33.6 Å². The lowest BCUT2D eigenvalue weighted by Gasteiger charge is -2.66. The van der Waals surface area contributed by atoms with Crippen molar-refractivity contribution in [3.63, 3.8) is 0 Å². The van der Waals surface area contributed by atoms with Gasteiger partial charge >= 0.3 is 0 Å². The number of piperidine rings is 2. The van der Waals surface area contributed by atoms with Crippen molar-refractivity contribution >= 4 is 11.7 Å². The molecule has 5 rings (SSSR count). The summed E-state index contributed by atoms with van der Waals surface area (Å²) in [6.07, 6.45) is 7.56. The minimum absolute atomic E-state index is 0.00123. The highest BCUT2D eigenvalue weighted by atomic mass is 15.4. The van der Waals surface area contributed by atoms with E-state index < -0.39 is 11.0 Å². The highest BCUT2D eigenvalue weighted by molar-refractivity contribution is 6.04. The molecule has 0 aliphatic carbocycles. The topological polar surface area (TPSA) is 104 Å². The number of aromatic nitrogens is 3. The Kier molecular flexibility index (Phi) is 7.75. The number of nitrogens with two attached hydrogens (primary N) is 1. The van der Waals surface area contributed by atoms with Gasteiger partial charge < -0.3 is 16.4 Å². The highest BCUT2D eigenvalue weighted by Gasteiger charge is 2.75. The number of nitrogens with one attached hydrogen (secondary N) is 2. The van der Waals surface area contributed by atoms with Crippen molar-refractivity contribution in [1.82, 2.24) is 25.2 Å². The molecule has 242 valence electrons. The summed E-state index contributed by atoms with van der Waals surface area (Å²) in [5.41, 5.74) is 6.89. The van der Waals surface area contributed by atoms with Crippen LogP contribution in [0.3, 0.4) is 0 Å². The van der Waals surface area contributed by atoms with Gasteiger partial charge in [-0.2, -0.15) is 9.97 Å². The Morgan fingerprint density at radius 3 is 2.21 bits per heavy atom. The first kappa shape index (κ1) is 32.7. The van der Waals surface area contributed by atoms with Crippen molar-refractivity contribution in [1.29, 1.82) is 0 Å². The number of rotatable bonds is 4. The first-order valence-electron chi connectivity index (χ1n) is 17.1. The third-order valence-corrected chi connectivity index (χ3v) is 11.5. The van der Waals surface area contributed by atoms with Gasteiger partial charge in [-0.15, -0.1) is 0 Å². The molecule has 0 saturated carbocycles. The molecule has 4 aliphatic rings. The van der Waals surface area contributed by atoms with Gasteiger partial charge in [-0.05, 0) is 106 Å². The van der Waals surface area contributed by atoms with E-state index in [0.717, 1.165) is 43.8 Å². The zero-order valence-electron chi connectivity index (χ0n) is 29.7. The van der Waals surface area contributed by atoms with E-state index in [1.165, 1.54) is 19.3 Å². The van der Waals surface area contributed by atoms with Gasteiger partial charge in [-0.1, -0.05) is 47.0 Å². The molecule has 0 radical (unpaired) electrons. The van der Waals surface area contributed by atoms with Gasteiger partial charge in [-0.25, -0.2) is 4.98 Å². The van der Waals surface area contributed by atoms with Crippen LogP contribution in [-0.4, -0.2) is 66.3 Å². The molecule has 4 bridgehead atoms. The summed E-state index contributed by atoms with van der Waals surface area (Å²) in [4.78, 5) is 24.3. The fraction of sp³-hybridized carbons (Fsp3) is 0.886. The lowest BCUT2D eigenvalue weighted by Crippen LogP contribution is -2.82. The normalized spacial score (nSPS) is 37.7. The molecular formula is C35H62N8. The molecule has 6 atom stereocenters. The number of aliphatic imine (C=N–C) groups is 1. The van der Waals surface area contributed by atoms with Gasteiger partial charge in [0.25, 0.3) is 0 Å². The number of nitrogens with zero attached hydrogens (tertiary/aromatic N) is 5. The Labute approximate surface area is 262 Å². The number of anilines is 1. The van der Waals surface area contributed by atoms with Gasteiger partial charge in [0.05, 0.1) is 22.7 Å². The maximum Gasteiger partial charge on any atom is 0.226 e. The maximum atomic E-state index is 8.03. The van der Waals surface area contributed by atoms with Crippen molar-refractivity contribution < 1.29 is 0 Å². The second-order valence-electron chi connectivity index (χ2n) is 18.1. The molecule has 1 aromatic rings. The first-order chi connectivity index (χ1) is 19.6. The summed E-state index contributed by atoms with van der Waals surface area (Å²) in [7, 11) is 0. The van der Waals surface area contributed by atoms with E-state index in [1.807, 2.05) is 0 Å². The van der Waals surface area contributed by atoms with Gasteiger partial charge in [0.2, 0.25) is 5.95 Å². The zero-order chi connectivity index (χ0) is 32.0. The van der Waals surface area contributed by atoms with Crippen LogP contribution in [0.4, 0.5) is 5.95 Å². The van der Waals surface area contributed by atoms with Crippen LogP contribution in [0.25, 0.3) is 0 Å². The summed E-state index contributed by atoms with van der Waals surface area (Å²) in [6, 6.07) is 0.517. The van der Waals surface area contributed by atoms with Crippen LogP contribution in [-0.2, 0) is 11.0 Å². The molecule has 4 aliphatic heterocycles. The van der Waals surface area contributed by atoms with Crippen molar-refractivity contribution in [3.8, 4) is 0 Å². The Bertz CT molecular complexity index is 1260. The highest BCUT2D eigenvalue weighted by Crippen LogP contribution is 2.62. The van der Waals surface area contributed by atoms with E-state index in [1.54, 1.807) is 0 Å². The molecule has 0 amide bonds. The van der Waals surface area contributed by atoms with E-state index in [4.69, 9.17) is 25.7 Å². The molecule has 43 heavy (non-hydrogen) atoms. The summed E-state index contributed by atoms with van der Waals surface area (Å²) in [6.45, 7) is 31.1. The second-order valence-corrected chi connectivity index (χ2v) is 18.1. The van der Waals surface area contributed by atoms with E-state index >= 15 is 0 Å². The monoisotopic (exact) mass is 595 g/mol. The summed E-state index contributed by atoms with van der Waals surface area (Å²) >= 11 is 0. The van der Waals surface area contributed by atoms with Crippen LogP contribution in [0.1, 0.15) is 147 Å². The quantitative estimate of drug-likeness (QED) is 0.373. The lowest BCUT2D eigenvalue weighted by atomic mass is 9.50. The second kappa shape index (κ2) is 10.2. The third kappa shape index (κ3) is 5.15. The van der Waals surface area contributed by atoms with E-state index in [2.05, 4.69) is 106 Å². The minimum Gasteiger partial charge on any atom is -0.349 e. The Morgan fingerprint density at radius 1 is 0.930 bits per heavy atom. The lowest BCUT2D eigenvalue weighted by molar-refractivity contribution is -0.0598. The minimum atomic E-state index is -0.949. The van der Waals surface area contributed by atoms with Crippen LogP contribution in [0.5, 0.6) is 0 Å². The fourth-order valence-electron chi connectivity index (χ4n) is 10.1. The van der Waals surface area contributed by atoms with E-state index in [0.29, 0.717) is 23.7 Å². The number of hydrogen-bond acceptors (Lipinski definition) is 8. The molecule has 0 aromatic carbocycles. The smallest absolute Gasteiger partial charge is 0.226 e. The zero-order valence-corrected chi connectivity index (χ0v) is 29.7. The average Bonchev–Trinajstić information content (AvgIpc) is 3.03. The molecule has 8 heteroatoms. The van der Waals surface area contributed by atoms with Crippen LogP contribution in [0, 0.1) is 11.3 Å². The summed E-state index contributed by atoms with van der Waals surface area (Å²) in [5, 5.41) is 7.55. The van der Waals surface area contributed by atoms with Crippen LogP contribution >= 0.6 is 0 Å². The van der Waals surface area contributed by atoms with Crippen molar-refractivity contribution in [2.45, 2.75) is 180 Å². The van der Waals surface area contributed by atoms with Crippen LogP contribution in [0.15, 0.2) is 4.99 Å². The van der Waals surface area contributed by atoms with Gasteiger partial charge in [0, 0.05) is 22.7 Å². The van der Waals surface area contributed by atoms with Gasteiger partial charge in [0.1, 0.15) is 11.4 Å². The molecule has 4 N–H and O–H groups in total. The van der Waals surface area contributed by atoms with Crippen LogP contribution < -0.4 is 16.4 Å². The molecule has 3 saturated heterocycles. The number of hydrogen-bond donors (Lipinski definition) is 3. The Hall–Kier alpha value is -1.64. The maximum absolute atomic E-state index is 8.03. The predicted octanol–water partition coefficient (Wildman–Crippen LogP) is 6.35. The standard InChI is InChI=1S/C35H62N8/c1-22-23(2)41-30(6,7)20-24(22)37-25-32(10,11)43-19-17-15-14-16-18-34(33(43,12)13)26-38-27(35(25,34)36)40-28(39-26)42-31(8,9)21-29(3,4)5/h22-24,41H,14-21,36H2,1-13H3,(H,38,39,40,42). The average molecular weight is 595 g/mol. The van der Waals surface area contributed by atoms with Crippen molar-refractivity contribution in [2.24, 2.45) is 22.1 Å². The van der Waals surface area contributed by atoms with Crippen LogP contribution in [0.2, 0.25) is 0 Å². The molecule has 3 fully saturated rings. The molecule has 1 spiro atoms. The number of fused-ring (bicyclic) bond motifs is 4. The van der Waals surface area contributed by atoms with Gasteiger partial charge in [0.15, 0.2) is 5.82 Å². The fourth-order valence-corrected chi connectivity index (χ4v) is 10.1. The Balaban J connectivity index is 1.75. The predicted molar refractivity (Wildman–Crippen MR) is 179 cm³/mol. The Morgan fingerprint density at radius 2 is 1.56 bits per heavy atom. The molecular weight excluding hydrogens is 532 g/mol. The SMILES string of the molecule is CC1NC(C)(C)CC(N=C2C(C)(C)N3CCCCCCC4(c5nc(NC(C)(C)CC(C)(C)C)nc(n5)C24N)C3(C)C)C1C. The summed E-state index contributed by atoms with van der Waals surface area (Å²) in [5.74, 6) is 2.57. The molecule has 5 heterocycles. The third-order valence-electron chi connectivity index (χ3n) is 11.5. The molecule has 8 nitrogen and oxygen atoms in total. The first-order valence-corrected chi connectivity index (χ1v) is 17.1. The van der Waals surface area contributed by atoms with Crippen molar-refractivity contribution in [3.05, 3.63) is 11.6 Å². The molecule has 1 aromatic heterocycles. The van der Waals surface area contributed by atoms with E-state index in [9.17, 15) is 0 Å².